The van der Waals surface area contributed by atoms with Crippen LogP contribution in [-0.2, 0) is 0 Å². The second-order valence-electron chi connectivity index (χ2n) is 13.9. The molecule has 40 heavy (non-hydrogen) atoms. The van der Waals surface area contributed by atoms with Crippen molar-refractivity contribution >= 4 is 0 Å². The standard InChI is InChI=1S/C36H76N2.2ClH/c1-7-9-11-13-15-17-19-21-23-25-27-29-33-37(3,4)35-31-32-36-38(5,6)34-30-28-26-24-22-20-18-16-14-12-10-8-2;;/h31-32H,7-30,33-36H2,1-6H3;2*1H/q+2;;/p-2/b32-31-;;. The van der Waals surface area contributed by atoms with Crippen molar-refractivity contribution < 1.29 is 33.8 Å². The number of halogens is 2. The van der Waals surface area contributed by atoms with E-state index in [4.69, 9.17) is 0 Å². The number of hydrogen-bond acceptors (Lipinski definition) is 0. The largest absolute Gasteiger partial charge is 1.00 e. The normalized spacial score (nSPS) is 12.1. The van der Waals surface area contributed by atoms with Gasteiger partial charge in [0.1, 0.15) is 0 Å². The number of hydrogen-bond donors (Lipinski definition) is 0. The van der Waals surface area contributed by atoms with E-state index in [2.05, 4.69) is 54.2 Å². The molecule has 0 saturated heterocycles. The van der Waals surface area contributed by atoms with Crippen LogP contribution in [0.15, 0.2) is 12.2 Å². The Balaban J connectivity index is -0.00000684. The van der Waals surface area contributed by atoms with Gasteiger partial charge >= 0.3 is 0 Å². The number of quaternary nitrogens is 2. The minimum absolute atomic E-state index is 0. The Kier molecular flexibility index (Phi) is 35.9. The predicted octanol–water partition coefficient (Wildman–Crippen LogP) is 5.11. The van der Waals surface area contributed by atoms with E-state index in [0.717, 1.165) is 8.97 Å². The monoisotopic (exact) mass is 607 g/mol. The SMILES string of the molecule is CCCCCCCCCCCCCC[N+](C)(C)C/C=C\C[N+](C)(C)CCCCCCCCCCCCCC.[Cl-].[Cl-]. The van der Waals surface area contributed by atoms with Gasteiger partial charge in [-0.2, -0.15) is 0 Å². The van der Waals surface area contributed by atoms with Crippen molar-refractivity contribution in [3.63, 3.8) is 0 Å². The molecular formula is C36H76Cl2N2. The molecule has 0 atom stereocenters. The van der Waals surface area contributed by atoms with Gasteiger partial charge in [0.25, 0.3) is 0 Å². The first-order valence-corrected chi connectivity index (χ1v) is 17.6. The molecule has 0 aromatic rings. The van der Waals surface area contributed by atoms with Gasteiger partial charge in [-0.15, -0.1) is 0 Å². The van der Waals surface area contributed by atoms with E-state index in [1.54, 1.807) is 0 Å². The molecule has 0 spiro atoms. The Labute approximate surface area is 267 Å². The Morgan fingerprint density at radius 1 is 0.325 bits per heavy atom. The summed E-state index contributed by atoms with van der Waals surface area (Å²) < 4.78 is 2.28. The van der Waals surface area contributed by atoms with Gasteiger partial charge in [-0.1, -0.05) is 142 Å². The minimum Gasteiger partial charge on any atom is -1.00 e. The molecule has 0 unspecified atom stereocenters. The molecule has 0 saturated carbocycles. The third-order valence-corrected chi connectivity index (χ3v) is 8.60. The lowest BCUT2D eigenvalue weighted by molar-refractivity contribution is -0.887. The van der Waals surface area contributed by atoms with E-state index in [1.165, 1.54) is 180 Å². The van der Waals surface area contributed by atoms with Crippen molar-refractivity contribution in [3.8, 4) is 0 Å². The minimum atomic E-state index is 0. The number of rotatable bonds is 30. The Morgan fingerprint density at radius 2 is 0.525 bits per heavy atom. The highest BCUT2D eigenvalue weighted by molar-refractivity contribution is 4.81. The van der Waals surface area contributed by atoms with Gasteiger partial charge in [0.2, 0.25) is 0 Å². The molecule has 0 N–H and O–H groups in total. The van der Waals surface area contributed by atoms with Gasteiger partial charge in [-0.25, -0.2) is 0 Å². The molecule has 0 aliphatic heterocycles. The van der Waals surface area contributed by atoms with Crippen LogP contribution in [0, 0.1) is 0 Å². The van der Waals surface area contributed by atoms with Crippen LogP contribution in [0.3, 0.4) is 0 Å². The van der Waals surface area contributed by atoms with Gasteiger partial charge in [0.15, 0.2) is 0 Å². The van der Waals surface area contributed by atoms with Gasteiger partial charge in [-0.05, 0) is 37.8 Å². The van der Waals surface area contributed by atoms with E-state index in [9.17, 15) is 0 Å². The fourth-order valence-electron chi connectivity index (χ4n) is 5.66. The third-order valence-electron chi connectivity index (χ3n) is 8.60. The quantitative estimate of drug-likeness (QED) is 0.0606. The van der Waals surface area contributed by atoms with Crippen LogP contribution in [0.1, 0.15) is 168 Å². The molecule has 4 heteroatoms. The summed E-state index contributed by atoms with van der Waals surface area (Å²) >= 11 is 0. The fourth-order valence-corrected chi connectivity index (χ4v) is 5.66. The summed E-state index contributed by atoms with van der Waals surface area (Å²) in [6, 6.07) is 0. The Bertz CT molecular complexity index is 461. The lowest BCUT2D eigenvalue weighted by Gasteiger charge is -2.30. The topological polar surface area (TPSA) is 0 Å². The Morgan fingerprint density at radius 3 is 0.750 bits per heavy atom. The highest BCUT2D eigenvalue weighted by Crippen LogP contribution is 2.14. The molecule has 0 amide bonds. The van der Waals surface area contributed by atoms with E-state index in [-0.39, 0.29) is 24.8 Å². The molecule has 0 aliphatic rings. The summed E-state index contributed by atoms with van der Waals surface area (Å²) in [6.45, 7) is 9.60. The molecule has 0 aromatic heterocycles. The molecule has 0 aliphatic carbocycles. The molecule has 0 rings (SSSR count). The van der Waals surface area contributed by atoms with Crippen LogP contribution >= 0.6 is 0 Å². The lowest BCUT2D eigenvalue weighted by Crippen LogP contribution is -3.00. The zero-order valence-electron chi connectivity index (χ0n) is 28.6. The van der Waals surface area contributed by atoms with Crippen molar-refractivity contribution in [2.24, 2.45) is 0 Å². The first-order valence-electron chi connectivity index (χ1n) is 17.6. The van der Waals surface area contributed by atoms with Crippen molar-refractivity contribution in [1.29, 1.82) is 0 Å². The summed E-state index contributed by atoms with van der Waals surface area (Å²) in [4.78, 5) is 0. The first kappa shape index (κ1) is 44.7. The predicted molar refractivity (Wildman–Crippen MR) is 175 cm³/mol. The molecule has 0 aromatic carbocycles. The maximum atomic E-state index is 2.46. The average molecular weight is 608 g/mol. The fraction of sp³-hybridized carbons (Fsp3) is 0.944. The van der Waals surface area contributed by atoms with E-state index in [0.29, 0.717) is 0 Å². The van der Waals surface area contributed by atoms with Crippen LogP contribution in [0.2, 0.25) is 0 Å². The summed E-state index contributed by atoms with van der Waals surface area (Å²) in [5.41, 5.74) is 0. The number of unbranched alkanes of at least 4 members (excludes halogenated alkanes) is 22. The highest BCUT2D eigenvalue weighted by atomic mass is 35.5. The Hall–Kier alpha value is 0.240. The summed E-state index contributed by atoms with van der Waals surface area (Å²) in [7, 11) is 9.65. The molecule has 244 valence electrons. The van der Waals surface area contributed by atoms with Crippen LogP contribution in [-0.4, -0.2) is 63.3 Å². The molecule has 0 heterocycles. The second-order valence-corrected chi connectivity index (χ2v) is 13.9. The van der Waals surface area contributed by atoms with Crippen LogP contribution in [0.5, 0.6) is 0 Å². The van der Waals surface area contributed by atoms with Gasteiger partial charge < -0.3 is 33.8 Å². The molecule has 0 bridgehead atoms. The molecule has 0 radical (unpaired) electrons. The van der Waals surface area contributed by atoms with E-state index in [1.807, 2.05) is 0 Å². The first-order chi connectivity index (χ1) is 18.3. The van der Waals surface area contributed by atoms with Crippen LogP contribution in [0.4, 0.5) is 0 Å². The number of nitrogens with zero attached hydrogens (tertiary/aromatic N) is 2. The van der Waals surface area contributed by atoms with E-state index < -0.39 is 0 Å². The summed E-state index contributed by atoms with van der Waals surface area (Å²) in [6.07, 6.45) is 39.5. The third kappa shape index (κ3) is 34.4. The maximum absolute atomic E-state index is 2.46. The van der Waals surface area contributed by atoms with Gasteiger partial charge in [0.05, 0.1) is 54.4 Å². The van der Waals surface area contributed by atoms with Crippen molar-refractivity contribution in [2.75, 3.05) is 54.4 Å². The number of likely N-dealkylation sites (N-methyl/N-ethyl adjacent to an activating group) is 2. The van der Waals surface area contributed by atoms with Gasteiger partial charge in [0, 0.05) is 0 Å². The van der Waals surface area contributed by atoms with Crippen molar-refractivity contribution in [3.05, 3.63) is 12.2 Å². The van der Waals surface area contributed by atoms with Crippen LogP contribution in [0.25, 0.3) is 0 Å². The van der Waals surface area contributed by atoms with Crippen molar-refractivity contribution in [2.45, 2.75) is 168 Å². The van der Waals surface area contributed by atoms with Gasteiger partial charge in [-0.3, -0.25) is 0 Å². The summed E-state index contributed by atoms with van der Waals surface area (Å²) in [5, 5.41) is 0. The maximum Gasteiger partial charge on any atom is 0.0971 e. The van der Waals surface area contributed by atoms with E-state index >= 15 is 0 Å². The summed E-state index contributed by atoms with van der Waals surface area (Å²) in [5.74, 6) is 0. The molecule has 2 nitrogen and oxygen atoms in total. The zero-order valence-corrected chi connectivity index (χ0v) is 30.1. The van der Waals surface area contributed by atoms with Crippen LogP contribution < -0.4 is 24.8 Å². The second kappa shape index (κ2) is 32.2. The lowest BCUT2D eigenvalue weighted by atomic mass is 10.1. The smallest absolute Gasteiger partial charge is 0.0971 e. The highest BCUT2D eigenvalue weighted by Gasteiger charge is 2.14. The molecular weight excluding hydrogens is 531 g/mol. The molecule has 0 fully saturated rings. The zero-order chi connectivity index (χ0) is 28.2. The average Bonchev–Trinajstić information content (AvgIpc) is 2.88. The van der Waals surface area contributed by atoms with Crippen molar-refractivity contribution in [1.82, 2.24) is 0 Å².